The van der Waals surface area contributed by atoms with Gasteiger partial charge in [0.2, 0.25) is 11.8 Å². The van der Waals surface area contributed by atoms with E-state index in [2.05, 4.69) is 31.8 Å². The van der Waals surface area contributed by atoms with E-state index in [9.17, 15) is 9.59 Å². The Morgan fingerprint density at radius 3 is 2.30 bits per heavy atom. The molecule has 9 heteroatoms. The van der Waals surface area contributed by atoms with Gasteiger partial charge in [0.15, 0.2) is 11.5 Å². The molecular formula is C28H30BrN3O5. The summed E-state index contributed by atoms with van der Waals surface area (Å²) in [4.78, 5) is 24.3. The Bertz CT molecular complexity index is 1200. The zero-order valence-corrected chi connectivity index (χ0v) is 22.4. The Kier molecular flexibility index (Phi) is 11.0. The maximum absolute atomic E-state index is 12.1. The second-order valence-corrected chi connectivity index (χ2v) is 8.69. The molecule has 3 rings (SSSR count). The molecule has 0 aliphatic heterocycles. The highest BCUT2D eigenvalue weighted by molar-refractivity contribution is 9.10. The molecule has 2 N–H and O–H groups in total. The number of benzene rings is 3. The van der Waals surface area contributed by atoms with Crippen molar-refractivity contribution >= 4 is 39.6 Å². The van der Waals surface area contributed by atoms with Crippen LogP contribution in [0.3, 0.4) is 0 Å². The summed E-state index contributed by atoms with van der Waals surface area (Å²) >= 11 is 3.54. The second kappa shape index (κ2) is 14.6. The first kappa shape index (κ1) is 27.7. The summed E-state index contributed by atoms with van der Waals surface area (Å²) in [6.45, 7) is 5.23. The maximum Gasteiger partial charge on any atom is 0.240 e. The molecule has 194 valence electrons. The summed E-state index contributed by atoms with van der Waals surface area (Å²) in [6, 6.07) is 20.5. The number of anilines is 1. The van der Waals surface area contributed by atoms with Crippen molar-refractivity contribution in [3.63, 3.8) is 0 Å². The molecule has 8 nitrogen and oxygen atoms in total. The predicted octanol–water partition coefficient (Wildman–Crippen LogP) is 5.69. The van der Waals surface area contributed by atoms with E-state index in [0.29, 0.717) is 47.0 Å². The fourth-order valence-electron chi connectivity index (χ4n) is 3.28. The number of rotatable bonds is 13. The first-order valence-electron chi connectivity index (χ1n) is 12.0. The van der Waals surface area contributed by atoms with Crippen molar-refractivity contribution in [3.05, 3.63) is 82.3 Å². The molecule has 0 saturated carbocycles. The number of nitrogens with one attached hydrogen (secondary N) is 2. The third kappa shape index (κ3) is 9.27. The predicted molar refractivity (Wildman–Crippen MR) is 147 cm³/mol. The molecule has 37 heavy (non-hydrogen) atoms. The molecule has 3 aromatic rings. The molecule has 3 aromatic carbocycles. The number of carbonyl (C=O) groups is 2. The molecule has 0 heterocycles. The van der Waals surface area contributed by atoms with Crippen LogP contribution < -0.4 is 25.0 Å². The van der Waals surface area contributed by atoms with Gasteiger partial charge < -0.3 is 19.5 Å². The maximum atomic E-state index is 12.1. The Morgan fingerprint density at radius 1 is 0.892 bits per heavy atom. The van der Waals surface area contributed by atoms with Gasteiger partial charge in [0, 0.05) is 18.5 Å². The van der Waals surface area contributed by atoms with E-state index < -0.39 is 0 Å². The van der Waals surface area contributed by atoms with Crippen LogP contribution >= 0.6 is 15.9 Å². The topological polar surface area (TPSA) is 98.2 Å². The highest BCUT2D eigenvalue weighted by Gasteiger charge is 2.13. The SMILES string of the molecule is CCOc1ccc(NC(=O)CCC(=O)NN=Cc2cc(Br)c(OCc3ccccc3)c(OCC)c2)cc1. The average Bonchev–Trinajstić information content (AvgIpc) is 2.89. The summed E-state index contributed by atoms with van der Waals surface area (Å²) in [5, 5.41) is 6.76. The Hall–Kier alpha value is -3.85. The van der Waals surface area contributed by atoms with Crippen LogP contribution in [0.5, 0.6) is 17.2 Å². The van der Waals surface area contributed by atoms with Gasteiger partial charge in [-0.3, -0.25) is 9.59 Å². The summed E-state index contributed by atoms with van der Waals surface area (Å²) < 4.78 is 17.8. The number of hydrazone groups is 1. The number of amides is 2. The van der Waals surface area contributed by atoms with Crippen LogP contribution in [-0.4, -0.2) is 31.2 Å². The van der Waals surface area contributed by atoms with Gasteiger partial charge in [-0.2, -0.15) is 5.10 Å². The quantitative estimate of drug-likeness (QED) is 0.204. The van der Waals surface area contributed by atoms with E-state index >= 15 is 0 Å². The minimum absolute atomic E-state index is 0.000354. The second-order valence-electron chi connectivity index (χ2n) is 7.84. The lowest BCUT2D eigenvalue weighted by atomic mass is 10.2. The van der Waals surface area contributed by atoms with Crippen molar-refractivity contribution in [2.24, 2.45) is 5.10 Å². The lowest BCUT2D eigenvalue weighted by Crippen LogP contribution is -2.20. The van der Waals surface area contributed by atoms with Gasteiger partial charge in [-0.05, 0) is 77.3 Å². The molecule has 0 spiro atoms. The Labute approximate surface area is 225 Å². The smallest absolute Gasteiger partial charge is 0.240 e. The van der Waals surface area contributed by atoms with Crippen LogP contribution in [0.4, 0.5) is 5.69 Å². The van der Waals surface area contributed by atoms with Crippen LogP contribution in [-0.2, 0) is 16.2 Å². The van der Waals surface area contributed by atoms with Crippen molar-refractivity contribution in [1.82, 2.24) is 5.43 Å². The van der Waals surface area contributed by atoms with Crippen molar-refractivity contribution < 1.29 is 23.8 Å². The van der Waals surface area contributed by atoms with Crippen LogP contribution in [0, 0.1) is 0 Å². The minimum Gasteiger partial charge on any atom is -0.494 e. The Balaban J connectivity index is 1.50. The molecule has 0 radical (unpaired) electrons. The number of nitrogens with zero attached hydrogens (tertiary/aromatic N) is 1. The normalized spacial score (nSPS) is 10.7. The van der Waals surface area contributed by atoms with Crippen molar-refractivity contribution in [2.75, 3.05) is 18.5 Å². The fourth-order valence-corrected chi connectivity index (χ4v) is 3.86. The molecule has 0 bridgehead atoms. The third-order valence-corrected chi connectivity index (χ3v) is 5.58. The van der Waals surface area contributed by atoms with Crippen LogP contribution in [0.1, 0.15) is 37.8 Å². The number of carbonyl (C=O) groups excluding carboxylic acids is 2. The number of ether oxygens (including phenoxy) is 3. The third-order valence-electron chi connectivity index (χ3n) is 4.99. The first-order valence-corrected chi connectivity index (χ1v) is 12.8. The van der Waals surface area contributed by atoms with Gasteiger partial charge in [-0.25, -0.2) is 5.43 Å². The number of halogens is 1. The summed E-state index contributed by atoms with van der Waals surface area (Å²) in [5.74, 6) is 1.24. The summed E-state index contributed by atoms with van der Waals surface area (Å²) in [6.07, 6.45) is 1.54. The van der Waals surface area contributed by atoms with Gasteiger partial charge in [0.25, 0.3) is 0 Å². The van der Waals surface area contributed by atoms with Crippen LogP contribution in [0.25, 0.3) is 0 Å². The number of hydrogen-bond acceptors (Lipinski definition) is 6. The van der Waals surface area contributed by atoms with E-state index in [-0.39, 0.29) is 24.7 Å². The Morgan fingerprint density at radius 2 is 1.59 bits per heavy atom. The molecular weight excluding hydrogens is 538 g/mol. The van der Waals surface area contributed by atoms with Gasteiger partial charge in [0.05, 0.1) is 23.9 Å². The van der Waals surface area contributed by atoms with E-state index in [1.807, 2.05) is 50.2 Å². The van der Waals surface area contributed by atoms with Crippen molar-refractivity contribution in [3.8, 4) is 17.2 Å². The molecule has 0 aliphatic rings. The largest absolute Gasteiger partial charge is 0.494 e. The van der Waals surface area contributed by atoms with E-state index in [1.165, 1.54) is 6.21 Å². The molecule has 0 atom stereocenters. The molecule has 0 aromatic heterocycles. The van der Waals surface area contributed by atoms with Crippen LogP contribution in [0.15, 0.2) is 76.3 Å². The average molecular weight is 568 g/mol. The lowest BCUT2D eigenvalue weighted by molar-refractivity contribution is -0.124. The van der Waals surface area contributed by atoms with E-state index in [1.54, 1.807) is 30.3 Å². The lowest BCUT2D eigenvalue weighted by Gasteiger charge is -2.14. The zero-order chi connectivity index (χ0) is 26.5. The van der Waals surface area contributed by atoms with Gasteiger partial charge in [-0.15, -0.1) is 0 Å². The fraction of sp³-hybridized carbons (Fsp3) is 0.250. The van der Waals surface area contributed by atoms with Crippen LogP contribution in [0.2, 0.25) is 0 Å². The molecule has 0 fully saturated rings. The highest BCUT2D eigenvalue weighted by atomic mass is 79.9. The zero-order valence-electron chi connectivity index (χ0n) is 20.8. The molecule has 0 aliphatic carbocycles. The monoisotopic (exact) mass is 567 g/mol. The standard InChI is InChI=1S/C28H30BrN3O5/c1-3-35-23-12-10-22(11-13-23)31-26(33)14-15-27(34)32-30-18-21-16-24(29)28(25(17-21)36-4-2)37-19-20-8-6-5-7-9-20/h5-13,16-18H,3-4,14-15,19H2,1-2H3,(H,31,33)(H,32,34). The molecule has 0 saturated heterocycles. The molecule has 0 unspecified atom stereocenters. The molecule has 2 amide bonds. The van der Waals surface area contributed by atoms with Gasteiger partial charge in [0.1, 0.15) is 12.4 Å². The van der Waals surface area contributed by atoms with E-state index in [4.69, 9.17) is 14.2 Å². The first-order chi connectivity index (χ1) is 18.0. The van der Waals surface area contributed by atoms with Crippen molar-refractivity contribution in [2.45, 2.75) is 33.3 Å². The van der Waals surface area contributed by atoms with Crippen molar-refractivity contribution in [1.29, 1.82) is 0 Å². The number of hydrogen-bond donors (Lipinski definition) is 2. The minimum atomic E-state index is -0.370. The van der Waals surface area contributed by atoms with E-state index in [0.717, 1.165) is 11.3 Å². The highest BCUT2D eigenvalue weighted by Crippen LogP contribution is 2.37. The van der Waals surface area contributed by atoms with Gasteiger partial charge in [-0.1, -0.05) is 30.3 Å². The summed E-state index contributed by atoms with van der Waals surface area (Å²) in [5.41, 5.74) is 4.83. The van der Waals surface area contributed by atoms with Gasteiger partial charge >= 0.3 is 0 Å². The summed E-state index contributed by atoms with van der Waals surface area (Å²) in [7, 11) is 0.